The lowest BCUT2D eigenvalue weighted by molar-refractivity contribution is -0.156. The summed E-state index contributed by atoms with van der Waals surface area (Å²) < 4.78 is 69.7. The lowest BCUT2D eigenvalue weighted by Crippen LogP contribution is -2.51. The Morgan fingerprint density at radius 2 is 1.88 bits per heavy atom. The molecular formula is C28H41N5O8S2. The Hall–Kier alpha value is -2.69. The molecule has 2 aromatic heterocycles. The minimum Gasteiger partial charge on any atom is -0.351 e. The predicted molar refractivity (Wildman–Crippen MR) is 162 cm³/mol. The van der Waals surface area contributed by atoms with Crippen molar-refractivity contribution < 1.29 is 30.5 Å². The second-order valence-corrected chi connectivity index (χ2v) is 14.4. The maximum atomic E-state index is 13.8. The predicted octanol–water partition coefficient (Wildman–Crippen LogP) is 3.14. The molecule has 3 aromatic rings. The molecule has 238 valence electrons. The normalized spacial score (nSPS) is 19.4. The number of aromatic nitrogens is 4. The fraction of sp³-hybridized carbons (Fsp3) is 0.607. The summed E-state index contributed by atoms with van der Waals surface area (Å²) in [6, 6.07) is 5.81. The van der Waals surface area contributed by atoms with E-state index in [-0.39, 0.29) is 40.6 Å². The molecule has 0 aliphatic carbocycles. The molecule has 1 aromatic carbocycles. The minimum atomic E-state index is -3.98. The minimum absolute atomic E-state index is 0.0255. The third-order valence-corrected chi connectivity index (χ3v) is 9.96. The van der Waals surface area contributed by atoms with Gasteiger partial charge in [0.15, 0.2) is 27.3 Å². The van der Waals surface area contributed by atoms with Crippen LogP contribution in [0.2, 0.25) is 0 Å². The van der Waals surface area contributed by atoms with Gasteiger partial charge in [0, 0.05) is 18.7 Å². The fourth-order valence-corrected chi connectivity index (χ4v) is 7.47. The second-order valence-electron chi connectivity index (χ2n) is 10.7. The number of H-pyrrole nitrogens is 1. The van der Waals surface area contributed by atoms with Gasteiger partial charge in [0.05, 0.1) is 36.2 Å². The Balaban J connectivity index is 1.72. The van der Waals surface area contributed by atoms with Crippen molar-refractivity contribution in [1.29, 1.82) is 0 Å². The third-order valence-electron chi connectivity index (χ3n) is 7.29. The summed E-state index contributed by atoms with van der Waals surface area (Å²) in [5, 5.41) is 1.98. The van der Waals surface area contributed by atoms with Gasteiger partial charge in [0.25, 0.3) is 15.7 Å². The molecular weight excluding hydrogens is 598 g/mol. The van der Waals surface area contributed by atoms with Gasteiger partial charge in [-0.1, -0.05) is 51.7 Å². The van der Waals surface area contributed by atoms with E-state index in [9.17, 15) is 21.6 Å². The van der Waals surface area contributed by atoms with Gasteiger partial charge >= 0.3 is 0 Å². The molecule has 1 aliphatic heterocycles. The van der Waals surface area contributed by atoms with Gasteiger partial charge in [-0.2, -0.15) is 8.42 Å². The first-order valence-electron chi connectivity index (χ1n) is 14.6. The van der Waals surface area contributed by atoms with Gasteiger partial charge < -0.3 is 19.0 Å². The number of sulfone groups is 1. The van der Waals surface area contributed by atoms with E-state index in [1.165, 1.54) is 12.4 Å². The highest BCUT2D eigenvalue weighted by Gasteiger charge is 2.35. The average Bonchev–Trinajstić information content (AvgIpc) is 3.39. The molecule has 1 aliphatic rings. The summed E-state index contributed by atoms with van der Waals surface area (Å²) in [5.74, 6) is 0.0423. The summed E-state index contributed by atoms with van der Waals surface area (Å²) >= 11 is 0. The maximum Gasteiger partial charge on any atom is 0.279 e. The van der Waals surface area contributed by atoms with Crippen LogP contribution in [0.1, 0.15) is 65.3 Å². The van der Waals surface area contributed by atoms with Crippen LogP contribution in [-0.4, -0.2) is 80.1 Å². The first-order chi connectivity index (χ1) is 20.5. The molecule has 0 saturated carbocycles. The second kappa shape index (κ2) is 14.4. The molecule has 4 unspecified atom stereocenters. The van der Waals surface area contributed by atoms with Crippen LogP contribution >= 0.6 is 0 Å². The molecule has 4 rings (SSSR count). The van der Waals surface area contributed by atoms with Crippen molar-refractivity contribution >= 4 is 31.1 Å². The van der Waals surface area contributed by atoms with Crippen molar-refractivity contribution in [2.75, 3.05) is 26.0 Å². The van der Waals surface area contributed by atoms with E-state index in [1.807, 2.05) is 6.92 Å². The van der Waals surface area contributed by atoms with Crippen molar-refractivity contribution in [1.82, 2.24) is 24.8 Å². The fourth-order valence-electron chi connectivity index (χ4n) is 5.18. The van der Waals surface area contributed by atoms with Crippen LogP contribution in [0.3, 0.4) is 0 Å². The van der Waals surface area contributed by atoms with Crippen LogP contribution in [0, 0.1) is 0 Å². The van der Waals surface area contributed by atoms with E-state index in [2.05, 4.69) is 27.2 Å². The molecule has 43 heavy (non-hydrogen) atoms. The number of imidazole rings is 1. The third kappa shape index (κ3) is 8.08. The standard InChI is InChI=1S/C28H41N5O8S2/c1-5-7-8-9-13-21(19(3)41-42(4,35)36)33-18-30-25-27(33)31-26(32-28(25)34)20-12-10-11-14-22(20)43(37,38)23-17-40-24(16-29-23)39-15-6-2/h10-12,14,18-19,21,23-24,29H,5-9,13,15-17H2,1-4H3,(H,31,32,34). The quantitative estimate of drug-likeness (QED) is 0.185. The van der Waals surface area contributed by atoms with E-state index in [1.54, 1.807) is 29.7 Å². The SMILES string of the molecule is CCCCCCC(C(C)OS(C)(=O)=O)n1cnc2c(=O)[nH]c(-c3ccccc3S(=O)(=O)C3COC(OCCC)CN3)nc21. The highest BCUT2D eigenvalue weighted by Crippen LogP contribution is 2.30. The Bertz CT molecular complexity index is 1650. The lowest BCUT2D eigenvalue weighted by Gasteiger charge is -2.30. The summed E-state index contributed by atoms with van der Waals surface area (Å²) in [5.41, 5.74) is -0.0946. The first-order valence-corrected chi connectivity index (χ1v) is 18.0. The Kier molecular flexibility index (Phi) is 11.1. The molecule has 15 heteroatoms. The van der Waals surface area contributed by atoms with Crippen LogP contribution in [0.15, 0.2) is 40.3 Å². The van der Waals surface area contributed by atoms with Gasteiger partial charge in [-0.3, -0.25) is 14.3 Å². The zero-order valence-electron chi connectivity index (χ0n) is 25.0. The Labute approximate surface area is 252 Å². The van der Waals surface area contributed by atoms with E-state index >= 15 is 0 Å². The smallest absolute Gasteiger partial charge is 0.279 e. The highest BCUT2D eigenvalue weighted by molar-refractivity contribution is 7.92. The van der Waals surface area contributed by atoms with Gasteiger partial charge in [-0.25, -0.2) is 18.4 Å². The first kappa shape index (κ1) is 33.2. The van der Waals surface area contributed by atoms with Crippen molar-refractivity contribution in [2.45, 2.75) is 88.0 Å². The lowest BCUT2D eigenvalue weighted by atomic mass is 10.0. The monoisotopic (exact) mass is 639 g/mol. The maximum absolute atomic E-state index is 13.8. The van der Waals surface area contributed by atoms with Gasteiger partial charge in [-0.05, 0) is 31.9 Å². The number of aromatic amines is 1. The number of morpholine rings is 1. The highest BCUT2D eigenvalue weighted by atomic mass is 32.2. The summed E-state index contributed by atoms with van der Waals surface area (Å²) in [4.78, 5) is 24.8. The molecule has 0 radical (unpaired) electrons. The van der Waals surface area contributed by atoms with Crippen LogP contribution < -0.4 is 10.9 Å². The molecule has 4 atom stereocenters. The Morgan fingerprint density at radius 3 is 2.56 bits per heavy atom. The molecule has 2 N–H and O–H groups in total. The van der Waals surface area contributed by atoms with Crippen molar-refractivity contribution in [2.24, 2.45) is 0 Å². The van der Waals surface area contributed by atoms with E-state index < -0.39 is 49.3 Å². The van der Waals surface area contributed by atoms with E-state index in [0.717, 1.165) is 38.4 Å². The Morgan fingerprint density at radius 1 is 1.12 bits per heavy atom. The van der Waals surface area contributed by atoms with Crippen molar-refractivity contribution in [3.63, 3.8) is 0 Å². The number of fused-ring (bicyclic) bond motifs is 1. The molecule has 1 fully saturated rings. The number of hydrogen-bond acceptors (Lipinski definition) is 11. The van der Waals surface area contributed by atoms with Gasteiger partial charge in [0.2, 0.25) is 0 Å². The largest absolute Gasteiger partial charge is 0.351 e. The average molecular weight is 640 g/mol. The number of nitrogens with one attached hydrogen (secondary N) is 2. The number of ether oxygens (including phenoxy) is 2. The molecule has 1 saturated heterocycles. The topological polar surface area (TPSA) is 172 Å². The summed E-state index contributed by atoms with van der Waals surface area (Å²) in [6.07, 6.45) is 6.32. The zero-order valence-corrected chi connectivity index (χ0v) is 26.6. The number of rotatable bonds is 15. The van der Waals surface area contributed by atoms with Crippen LogP contribution in [0.4, 0.5) is 0 Å². The molecule has 0 spiro atoms. The van der Waals surface area contributed by atoms with E-state index in [4.69, 9.17) is 13.7 Å². The van der Waals surface area contributed by atoms with Gasteiger partial charge in [0.1, 0.15) is 11.2 Å². The van der Waals surface area contributed by atoms with Gasteiger partial charge in [-0.15, -0.1) is 0 Å². The summed E-state index contributed by atoms with van der Waals surface area (Å²) in [6.45, 7) is 6.33. The van der Waals surface area contributed by atoms with E-state index in [0.29, 0.717) is 13.0 Å². The van der Waals surface area contributed by atoms with Crippen LogP contribution in [0.5, 0.6) is 0 Å². The number of unbranched alkanes of at least 4 members (excludes halogenated alkanes) is 3. The molecule has 13 nitrogen and oxygen atoms in total. The molecule has 0 bridgehead atoms. The zero-order chi connectivity index (χ0) is 31.2. The molecule has 3 heterocycles. The number of hydrogen-bond donors (Lipinski definition) is 2. The van der Waals surface area contributed by atoms with Crippen LogP contribution in [0.25, 0.3) is 22.6 Å². The van der Waals surface area contributed by atoms with Crippen molar-refractivity contribution in [3.8, 4) is 11.4 Å². The summed E-state index contributed by atoms with van der Waals surface area (Å²) in [7, 11) is -7.74. The van der Waals surface area contributed by atoms with Crippen LogP contribution in [-0.2, 0) is 33.6 Å². The molecule has 0 amide bonds. The number of nitrogens with zero attached hydrogens (tertiary/aromatic N) is 3. The van der Waals surface area contributed by atoms with Crippen molar-refractivity contribution in [3.05, 3.63) is 40.9 Å². The number of benzene rings is 1.